The second kappa shape index (κ2) is 5.51. The van der Waals surface area contributed by atoms with Crippen molar-refractivity contribution >= 4 is 11.6 Å². The number of hydrogen-bond acceptors (Lipinski definition) is 5. The molecule has 1 amide bonds. The Morgan fingerprint density at radius 3 is 2.84 bits per heavy atom. The molecule has 1 aromatic heterocycles. The Labute approximate surface area is 111 Å². The molecule has 0 atom stereocenters. The summed E-state index contributed by atoms with van der Waals surface area (Å²) in [6.45, 7) is 4.06. The highest BCUT2D eigenvalue weighted by atomic mass is 16.5. The number of benzene rings is 1. The van der Waals surface area contributed by atoms with Crippen LogP contribution in [0.2, 0.25) is 0 Å². The number of carbonyl (C=O) groups is 1. The Morgan fingerprint density at radius 2 is 2.21 bits per heavy atom. The number of nitrogens with zero attached hydrogens (tertiary/aromatic N) is 2. The third kappa shape index (κ3) is 3.31. The van der Waals surface area contributed by atoms with Gasteiger partial charge in [-0.05, 0) is 37.6 Å². The van der Waals surface area contributed by atoms with E-state index in [0.29, 0.717) is 35.9 Å². The first-order valence-electron chi connectivity index (χ1n) is 6.00. The maximum Gasteiger partial charge on any atom is 0.251 e. The molecule has 6 heteroatoms. The van der Waals surface area contributed by atoms with Crippen LogP contribution >= 0.6 is 0 Å². The fourth-order valence-corrected chi connectivity index (χ4v) is 1.76. The second-order valence-electron chi connectivity index (χ2n) is 4.32. The molecule has 0 saturated carbocycles. The number of hydrogen-bond donors (Lipinski definition) is 2. The molecule has 100 valence electrons. The zero-order valence-electron chi connectivity index (χ0n) is 10.9. The van der Waals surface area contributed by atoms with Crippen molar-refractivity contribution in [2.45, 2.75) is 20.3 Å². The quantitative estimate of drug-likeness (QED) is 0.807. The first kappa shape index (κ1) is 13.1. The lowest BCUT2D eigenvalue weighted by Crippen LogP contribution is -2.26. The molecule has 0 fully saturated rings. The van der Waals surface area contributed by atoms with E-state index in [4.69, 9.17) is 10.3 Å². The minimum atomic E-state index is -0.131. The normalized spacial score (nSPS) is 10.4. The molecule has 0 aliphatic carbocycles. The summed E-state index contributed by atoms with van der Waals surface area (Å²) in [4.78, 5) is 16.0. The summed E-state index contributed by atoms with van der Waals surface area (Å²) < 4.78 is 4.96. The van der Waals surface area contributed by atoms with E-state index < -0.39 is 0 Å². The molecule has 0 spiro atoms. The number of carbonyl (C=O) groups excluding carboxylic acids is 1. The molecule has 1 aromatic carbocycles. The molecular weight excluding hydrogens is 244 g/mol. The van der Waals surface area contributed by atoms with Crippen molar-refractivity contribution in [3.63, 3.8) is 0 Å². The first-order valence-corrected chi connectivity index (χ1v) is 6.00. The van der Waals surface area contributed by atoms with E-state index in [0.717, 1.165) is 5.56 Å². The molecular formula is C13H16N4O2. The predicted molar refractivity (Wildman–Crippen MR) is 70.7 cm³/mol. The SMILES string of the molecule is Cc1noc(CCNC(=O)c2ccc(N)cc2C)n1. The van der Waals surface area contributed by atoms with E-state index in [1.165, 1.54) is 0 Å². The topological polar surface area (TPSA) is 94.0 Å². The van der Waals surface area contributed by atoms with Gasteiger partial charge in [0.15, 0.2) is 5.82 Å². The molecule has 0 unspecified atom stereocenters. The molecule has 0 bridgehead atoms. The summed E-state index contributed by atoms with van der Waals surface area (Å²) in [7, 11) is 0. The van der Waals surface area contributed by atoms with Crippen molar-refractivity contribution in [2.24, 2.45) is 0 Å². The van der Waals surface area contributed by atoms with Crippen LogP contribution in [-0.2, 0) is 6.42 Å². The predicted octanol–water partition coefficient (Wildman–Crippen LogP) is 1.24. The number of aryl methyl sites for hydroxylation is 2. The molecule has 2 aromatic rings. The minimum Gasteiger partial charge on any atom is -0.399 e. The standard InChI is InChI=1S/C13H16N4O2/c1-8-7-10(14)3-4-11(8)13(18)15-6-5-12-16-9(2)17-19-12/h3-4,7H,5-6,14H2,1-2H3,(H,15,18). The van der Waals surface area contributed by atoms with Gasteiger partial charge in [0.1, 0.15) is 0 Å². The maximum atomic E-state index is 12.0. The molecule has 0 aliphatic heterocycles. The van der Waals surface area contributed by atoms with Crippen LogP contribution in [0.1, 0.15) is 27.6 Å². The number of nitrogens with one attached hydrogen (secondary N) is 1. The van der Waals surface area contributed by atoms with Crippen LogP contribution in [0, 0.1) is 13.8 Å². The van der Waals surface area contributed by atoms with E-state index >= 15 is 0 Å². The van der Waals surface area contributed by atoms with Gasteiger partial charge < -0.3 is 15.6 Å². The Kier molecular flexibility index (Phi) is 3.79. The molecule has 0 saturated heterocycles. The number of nitrogens with two attached hydrogens (primary N) is 1. The summed E-state index contributed by atoms with van der Waals surface area (Å²) in [5, 5.41) is 6.49. The fraction of sp³-hybridized carbons (Fsp3) is 0.308. The van der Waals surface area contributed by atoms with Crippen LogP contribution in [0.25, 0.3) is 0 Å². The van der Waals surface area contributed by atoms with Gasteiger partial charge in [-0.3, -0.25) is 4.79 Å². The zero-order chi connectivity index (χ0) is 13.8. The highest BCUT2D eigenvalue weighted by Gasteiger charge is 2.09. The average molecular weight is 260 g/mol. The van der Waals surface area contributed by atoms with Crippen molar-refractivity contribution in [3.8, 4) is 0 Å². The van der Waals surface area contributed by atoms with Gasteiger partial charge in [-0.15, -0.1) is 0 Å². The molecule has 3 N–H and O–H groups in total. The van der Waals surface area contributed by atoms with Crippen molar-refractivity contribution in [3.05, 3.63) is 41.0 Å². The highest BCUT2D eigenvalue weighted by molar-refractivity contribution is 5.95. The highest BCUT2D eigenvalue weighted by Crippen LogP contribution is 2.12. The summed E-state index contributed by atoms with van der Waals surface area (Å²) in [5.74, 6) is 0.983. The van der Waals surface area contributed by atoms with Crippen LogP contribution in [0.4, 0.5) is 5.69 Å². The Bertz CT molecular complexity index is 592. The van der Waals surface area contributed by atoms with Gasteiger partial charge in [0.25, 0.3) is 5.91 Å². The average Bonchev–Trinajstić information content (AvgIpc) is 2.75. The summed E-state index contributed by atoms with van der Waals surface area (Å²) in [6.07, 6.45) is 0.514. The monoisotopic (exact) mass is 260 g/mol. The van der Waals surface area contributed by atoms with Crippen LogP contribution in [0.15, 0.2) is 22.7 Å². The van der Waals surface area contributed by atoms with Gasteiger partial charge in [0.2, 0.25) is 5.89 Å². The van der Waals surface area contributed by atoms with E-state index in [1.807, 2.05) is 6.92 Å². The smallest absolute Gasteiger partial charge is 0.251 e. The van der Waals surface area contributed by atoms with Gasteiger partial charge in [-0.25, -0.2) is 0 Å². The lowest BCUT2D eigenvalue weighted by atomic mass is 10.1. The second-order valence-corrected chi connectivity index (χ2v) is 4.32. The lowest BCUT2D eigenvalue weighted by Gasteiger charge is -2.07. The number of anilines is 1. The van der Waals surface area contributed by atoms with Crippen molar-refractivity contribution in [1.82, 2.24) is 15.5 Å². The van der Waals surface area contributed by atoms with Gasteiger partial charge in [-0.1, -0.05) is 5.16 Å². The van der Waals surface area contributed by atoms with E-state index in [1.54, 1.807) is 25.1 Å². The Hall–Kier alpha value is -2.37. The third-order valence-electron chi connectivity index (χ3n) is 2.69. The van der Waals surface area contributed by atoms with Crippen LogP contribution in [-0.4, -0.2) is 22.6 Å². The third-order valence-corrected chi connectivity index (χ3v) is 2.69. The summed E-state index contributed by atoms with van der Waals surface area (Å²) >= 11 is 0. The van der Waals surface area contributed by atoms with Crippen molar-refractivity contribution < 1.29 is 9.32 Å². The Morgan fingerprint density at radius 1 is 1.42 bits per heavy atom. The number of amides is 1. The van der Waals surface area contributed by atoms with E-state index in [2.05, 4.69) is 15.5 Å². The molecule has 1 heterocycles. The summed E-state index contributed by atoms with van der Waals surface area (Å²) in [5.41, 5.74) is 7.77. The first-order chi connectivity index (χ1) is 9.06. The number of nitrogen functional groups attached to an aromatic ring is 1. The van der Waals surface area contributed by atoms with Crippen LogP contribution in [0.5, 0.6) is 0 Å². The Balaban J connectivity index is 1.90. The minimum absolute atomic E-state index is 0.131. The van der Waals surface area contributed by atoms with Gasteiger partial charge in [0, 0.05) is 24.2 Å². The van der Waals surface area contributed by atoms with Crippen molar-refractivity contribution in [2.75, 3.05) is 12.3 Å². The lowest BCUT2D eigenvalue weighted by molar-refractivity contribution is 0.0953. The van der Waals surface area contributed by atoms with Crippen molar-refractivity contribution in [1.29, 1.82) is 0 Å². The maximum absolute atomic E-state index is 12.0. The van der Waals surface area contributed by atoms with Gasteiger partial charge >= 0.3 is 0 Å². The zero-order valence-corrected chi connectivity index (χ0v) is 10.9. The molecule has 0 radical (unpaired) electrons. The van der Waals surface area contributed by atoms with E-state index in [-0.39, 0.29) is 5.91 Å². The van der Waals surface area contributed by atoms with Crippen LogP contribution in [0.3, 0.4) is 0 Å². The number of rotatable bonds is 4. The number of aromatic nitrogens is 2. The molecule has 19 heavy (non-hydrogen) atoms. The van der Waals surface area contributed by atoms with Crippen LogP contribution < -0.4 is 11.1 Å². The molecule has 0 aliphatic rings. The molecule has 2 rings (SSSR count). The summed E-state index contributed by atoms with van der Waals surface area (Å²) in [6, 6.07) is 5.20. The largest absolute Gasteiger partial charge is 0.399 e. The fourth-order valence-electron chi connectivity index (χ4n) is 1.76. The molecule has 6 nitrogen and oxygen atoms in total. The van der Waals surface area contributed by atoms with Gasteiger partial charge in [-0.2, -0.15) is 4.98 Å². The van der Waals surface area contributed by atoms with Gasteiger partial charge in [0.05, 0.1) is 0 Å². The van der Waals surface area contributed by atoms with E-state index in [9.17, 15) is 4.79 Å².